The van der Waals surface area contributed by atoms with Crippen LogP contribution in [0.5, 0.6) is 5.88 Å². The quantitative estimate of drug-likeness (QED) is 0.630. The van der Waals surface area contributed by atoms with Gasteiger partial charge in [0.25, 0.3) is 5.91 Å². The van der Waals surface area contributed by atoms with Crippen LogP contribution >= 0.6 is 0 Å². The van der Waals surface area contributed by atoms with Crippen LogP contribution < -0.4 is 4.74 Å². The Morgan fingerprint density at radius 3 is 2.87 bits per heavy atom. The number of rotatable bonds is 6. The molecule has 1 aliphatic heterocycles. The Bertz CT molecular complexity index is 1010. The lowest BCUT2D eigenvalue weighted by molar-refractivity contribution is 0.0613. The Morgan fingerprint density at radius 1 is 1.23 bits per heavy atom. The molecule has 156 valence electrons. The summed E-state index contributed by atoms with van der Waals surface area (Å²) in [6.45, 7) is 2.44. The van der Waals surface area contributed by atoms with E-state index in [2.05, 4.69) is 28.0 Å². The van der Waals surface area contributed by atoms with E-state index in [9.17, 15) is 4.79 Å². The van der Waals surface area contributed by atoms with E-state index in [1.165, 1.54) is 0 Å². The maximum absolute atomic E-state index is 13.4. The number of hydrogen-bond donors (Lipinski definition) is 0. The molecule has 1 amide bonds. The predicted octanol–water partition coefficient (Wildman–Crippen LogP) is 3.42. The fourth-order valence-corrected chi connectivity index (χ4v) is 4.12. The lowest BCUT2D eigenvalue weighted by Gasteiger charge is -2.38. The highest BCUT2D eigenvalue weighted by Crippen LogP contribution is 2.25. The van der Waals surface area contributed by atoms with Gasteiger partial charge in [-0.05, 0) is 38.1 Å². The summed E-state index contributed by atoms with van der Waals surface area (Å²) in [5.74, 6) is 0.521. The van der Waals surface area contributed by atoms with Gasteiger partial charge in [-0.15, -0.1) is 0 Å². The molecule has 0 spiro atoms. The zero-order chi connectivity index (χ0) is 20.9. The van der Waals surface area contributed by atoms with Gasteiger partial charge in [0.1, 0.15) is 0 Å². The molecule has 1 atom stereocenters. The van der Waals surface area contributed by atoms with Crippen LogP contribution in [0.15, 0.2) is 54.7 Å². The first kappa shape index (κ1) is 20.3. The van der Waals surface area contributed by atoms with E-state index < -0.39 is 0 Å². The second-order valence-electron chi connectivity index (χ2n) is 7.83. The Morgan fingerprint density at radius 2 is 2.07 bits per heavy atom. The van der Waals surface area contributed by atoms with Crippen molar-refractivity contribution in [2.24, 2.45) is 0 Å². The van der Waals surface area contributed by atoms with Gasteiger partial charge >= 0.3 is 0 Å². The lowest BCUT2D eigenvalue weighted by Crippen LogP contribution is -2.49. The fraction of sp³-hybridized carbons (Fsp3) is 0.375. The SMILES string of the molecule is COc1cc(C(=O)N2CCCC(N(C)CCc3ccccn3)C2)c2ccccc2n1. The maximum Gasteiger partial charge on any atom is 0.254 e. The van der Waals surface area contributed by atoms with Crippen molar-refractivity contribution in [3.8, 4) is 5.88 Å². The number of likely N-dealkylation sites (tertiary alicyclic amines) is 1. The number of carbonyl (C=O) groups is 1. The number of benzene rings is 1. The van der Waals surface area contributed by atoms with E-state index in [4.69, 9.17) is 4.74 Å². The number of amides is 1. The number of likely N-dealkylation sites (N-methyl/N-ethyl adjacent to an activating group) is 1. The smallest absolute Gasteiger partial charge is 0.254 e. The molecule has 4 rings (SSSR count). The number of hydrogen-bond acceptors (Lipinski definition) is 5. The molecular formula is C24H28N4O2. The van der Waals surface area contributed by atoms with E-state index in [0.29, 0.717) is 17.5 Å². The van der Waals surface area contributed by atoms with Crippen LogP contribution in [-0.2, 0) is 6.42 Å². The number of ether oxygens (including phenoxy) is 1. The summed E-state index contributed by atoms with van der Waals surface area (Å²) in [6, 6.07) is 15.9. The molecular weight excluding hydrogens is 376 g/mol. The topological polar surface area (TPSA) is 58.6 Å². The number of fused-ring (bicyclic) bond motifs is 1. The monoisotopic (exact) mass is 404 g/mol. The van der Waals surface area contributed by atoms with Crippen molar-refractivity contribution in [3.05, 3.63) is 66.0 Å². The second kappa shape index (κ2) is 9.22. The standard InChI is InChI=1S/C24H28N4O2/c1-27(15-12-18-8-5-6-13-25-18)19-9-7-14-28(17-19)24(29)21-16-23(30-2)26-22-11-4-3-10-20(21)22/h3-6,8,10-11,13,16,19H,7,9,12,14-15,17H2,1-2H3. The van der Waals surface area contributed by atoms with Gasteiger partial charge in [0.15, 0.2) is 0 Å². The van der Waals surface area contributed by atoms with Crippen LogP contribution in [0.2, 0.25) is 0 Å². The lowest BCUT2D eigenvalue weighted by atomic mass is 10.0. The van der Waals surface area contributed by atoms with Gasteiger partial charge in [-0.3, -0.25) is 9.78 Å². The molecule has 2 aromatic heterocycles. The summed E-state index contributed by atoms with van der Waals surface area (Å²) >= 11 is 0. The van der Waals surface area contributed by atoms with Crippen LogP contribution in [0.3, 0.4) is 0 Å². The van der Waals surface area contributed by atoms with E-state index >= 15 is 0 Å². The van der Waals surface area contributed by atoms with E-state index in [0.717, 1.165) is 55.5 Å². The first-order chi connectivity index (χ1) is 14.7. The minimum absolute atomic E-state index is 0.0507. The third kappa shape index (κ3) is 4.44. The number of para-hydroxylation sites is 1. The molecule has 6 heteroatoms. The van der Waals surface area contributed by atoms with E-state index in [1.807, 2.05) is 47.5 Å². The molecule has 3 aromatic rings. The molecule has 0 radical (unpaired) electrons. The number of carbonyl (C=O) groups excluding carboxylic acids is 1. The van der Waals surface area contributed by atoms with Crippen molar-refractivity contribution in [3.63, 3.8) is 0 Å². The van der Waals surface area contributed by atoms with Gasteiger partial charge in [0.05, 0.1) is 18.2 Å². The predicted molar refractivity (Wildman–Crippen MR) is 118 cm³/mol. The van der Waals surface area contributed by atoms with E-state index in [1.54, 1.807) is 13.2 Å². The average molecular weight is 405 g/mol. The van der Waals surface area contributed by atoms with Gasteiger partial charge in [-0.1, -0.05) is 24.3 Å². The van der Waals surface area contributed by atoms with Crippen LogP contribution in [0.25, 0.3) is 10.9 Å². The minimum atomic E-state index is 0.0507. The van der Waals surface area contributed by atoms with Crippen molar-refractivity contribution in [2.45, 2.75) is 25.3 Å². The highest BCUT2D eigenvalue weighted by Gasteiger charge is 2.28. The normalized spacial score (nSPS) is 16.8. The number of methoxy groups -OCH3 is 1. The third-order valence-corrected chi connectivity index (χ3v) is 5.89. The number of nitrogens with zero attached hydrogens (tertiary/aromatic N) is 4. The summed E-state index contributed by atoms with van der Waals surface area (Å²) in [6.07, 6.45) is 4.85. The molecule has 1 aromatic carbocycles. The zero-order valence-electron chi connectivity index (χ0n) is 17.6. The van der Waals surface area contributed by atoms with Crippen molar-refractivity contribution in [1.29, 1.82) is 0 Å². The molecule has 0 aliphatic carbocycles. The summed E-state index contributed by atoms with van der Waals surface area (Å²) in [7, 11) is 3.73. The van der Waals surface area contributed by atoms with Crippen LogP contribution in [-0.4, -0.2) is 65.5 Å². The molecule has 0 saturated carbocycles. The fourth-order valence-electron chi connectivity index (χ4n) is 4.12. The van der Waals surface area contributed by atoms with Crippen LogP contribution in [0.1, 0.15) is 28.9 Å². The highest BCUT2D eigenvalue weighted by atomic mass is 16.5. The molecule has 0 bridgehead atoms. The summed E-state index contributed by atoms with van der Waals surface area (Å²) in [4.78, 5) is 26.7. The van der Waals surface area contributed by atoms with E-state index in [-0.39, 0.29) is 5.91 Å². The van der Waals surface area contributed by atoms with Crippen molar-refractivity contribution in [2.75, 3.05) is 33.8 Å². The molecule has 6 nitrogen and oxygen atoms in total. The Labute approximate surface area is 177 Å². The largest absolute Gasteiger partial charge is 0.481 e. The Balaban J connectivity index is 1.48. The summed E-state index contributed by atoms with van der Waals surface area (Å²) in [5.41, 5.74) is 2.54. The van der Waals surface area contributed by atoms with Gasteiger partial charge in [0, 0.05) is 55.4 Å². The molecule has 0 N–H and O–H groups in total. The number of pyridine rings is 2. The molecule has 1 unspecified atom stereocenters. The van der Waals surface area contributed by atoms with Gasteiger partial charge in [0.2, 0.25) is 5.88 Å². The van der Waals surface area contributed by atoms with Crippen LogP contribution in [0, 0.1) is 0 Å². The summed E-state index contributed by atoms with van der Waals surface area (Å²) in [5, 5.41) is 0.869. The van der Waals surface area contributed by atoms with Gasteiger partial charge in [-0.25, -0.2) is 4.98 Å². The molecule has 1 aliphatic rings. The highest BCUT2D eigenvalue weighted by molar-refractivity contribution is 6.06. The van der Waals surface area contributed by atoms with Crippen molar-refractivity contribution < 1.29 is 9.53 Å². The number of aromatic nitrogens is 2. The number of piperidine rings is 1. The van der Waals surface area contributed by atoms with Gasteiger partial charge in [-0.2, -0.15) is 0 Å². The van der Waals surface area contributed by atoms with Crippen molar-refractivity contribution in [1.82, 2.24) is 19.8 Å². The molecule has 1 saturated heterocycles. The Kier molecular flexibility index (Phi) is 6.23. The van der Waals surface area contributed by atoms with Gasteiger partial charge < -0.3 is 14.5 Å². The zero-order valence-corrected chi connectivity index (χ0v) is 17.6. The maximum atomic E-state index is 13.4. The molecule has 30 heavy (non-hydrogen) atoms. The molecule has 3 heterocycles. The minimum Gasteiger partial charge on any atom is -0.481 e. The van der Waals surface area contributed by atoms with Crippen molar-refractivity contribution >= 4 is 16.8 Å². The third-order valence-electron chi connectivity index (χ3n) is 5.89. The Hall–Kier alpha value is -2.99. The average Bonchev–Trinajstić information content (AvgIpc) is 2.82. The first-order valence-corrected chi connectivity index (χ1v) is 10.5. The van der Waals surface area contributed by atoms with Crippen LogP contribution in [0.4, 0.5) is 0 Å². The molecule has 1 fully saturated rings. The first-order valence-electron chi connectivity index (χ1n) is 10.5. The second-order valence-corrected chi connectivity index (χ2v) is 7.83. The summed E-state index contributed by atoms with van der Waals surface area (Å²) < 4.78 is 5.34.